The Hall–Kier alpha value is -1.99. The van der Waals surface area contributed by atoms with E-state index in [2.05, 4.69) is 5.32 Å². The molecule has 0 radical (unpaired) electrons. The molecule has 1 fully saturated rings. The fraction of sp³-hybridized carbons (Fsp3) is 0.500. The Labute approximate surface area is 134 Å². The number of carbonyl (C=O) groups excluding carboxylic acids is 1. The highest BCUT2D eigenvalue weighted by molar-refractivity contribution is 5.94. The quantitative estimate of drug-likeness (QED) is 0.853. The highest BCUT2D eigenvalue weighted by Gasteiger charge is 2.29. The highest BCUT2D eigenvalue weighted by Crippen LogP contribution is 2.13. The molecule has 1 aliphatic rings. The maximum absolute atomic E-state index is 13.1. The maximum atomic E-state index is 13.1. The smallest absolute Gasteiger partial charge is 0.320 e. The topological polar surface area (TPSA) is 72.9 Å². The van der Waals surface area contributed by atoms with Crippen LogP contribution in [-0.4, -0.2) is 65.0 Å². The molecular formula is C16H22FN3O3. The van der Waals surface area contributed by atoms with Crippen LogP contribution in [0.25, 0.3) is 0 Å². The molecule has 23 heavy (non-hydrogen) atoms. The lowest BCUT2D eigenvalue weighted by molar-refractivity contribution is -0.143. The average Bonchev–Trinajstić information content (AvgIpc) is 2.53. The van der Waals surface area contributed by atoms with Crippen LogP contribution in [0.3, 0.4) is 0 Å². The summed E-state index contributed by atoms with van der Waals surface area (Å²) in [4.78, 5) is 27.2. The molecule has 6 nitrogen and oxygen atoms in total. The van der Waals surface area contributed by atoms with Gasteiger partial charge in [0.15, 0.2) is 0 Å². The molecule has 7 heteroatoms. The molecule has 1 aliphatic heterocycles. The number of halogens is 1. The first-order chi connectivity index (χ1) is 10.9. The van der Waals surface area contributed by atoms with Crippen molar-refractivity contribution in [3.8, 4) is 0 Å². The number of hydrogen-bond acceptors (Lipinski definition) is 4. The molecule has 2 rings (SSSR count). The van der Waals surface area contributed by atoms with Gasteiger partial charge in [-0.15, -0.1) is 0 Å². The zero-order chi connectivity index (χ0) is 17.0. The highest BCUT2D eigenvalue weighted by atomic mass is 19.1. The molecule has 0 aromatic heterocycles. The summed E-state index contributed by atoms with van der Waals surface area (Å²) in [6.45, 7) is 5.91. The van der Waals surface area contributed by atoms with Crippen LogP contribution >= 0.6 is 0 Å². The molecular weight excluding hydrogens is 301 g/mol. The molecule has 2 atom stereocenters. The second-order valence-corrected chi connectivity index (χ2v) is 5.76. The SMILES string of the molecule is CC(C(=O)O)N1CCN(C(C)C(=O)Nc2cccc(F)c2)CC1. The van der Waals surface area contributed by atoms with Crippen LogP contribution in [0.15, 0.2) is 24.3 Å². The summed E-state index contributed by atoms with van der Waals surface area (Å²) in [5, 5.41) is 11.7. The van der Waals surface area contributed by atoms with Crippen molar-refractivity contribution in [3.63, 3.8) is 0 Å². The summed E-state index contributed by atoms with van der Waals surface area (Å²) in [6, 6.07) is 4.90. The lowest BCUT2D eigenvalue weighted by Crippen LogP contribution is -2.55. The van der Waals surface area contributed by atoms with E-state index < -0.39 is 17.8 Å². The van der Waals surface area contributed by atoms with Gasteiger partial charge in [0.05, 0.1) is 6.04 Å². The predicted octanol–water partition coefficient (Wildman–Crippen LogP) is 1.24. The minimum absolute atomic E-state index is 0.199. The average molecular weight is 323 g/mol. The maximum Gasteiger partial charge on any atom is 0.320 e. The Morgan fingerprint density at radius 2 is 1.70 bits per heavy atom. The molecule has 2 N–H and O–H groups in total. The van der Waals surface area contributed by atoms with Gasteiger partial charge in [0.2, 0.25) is 5.91 Å². The Kier molecular flexibility index (Phi) is 5.68. The summed E-state index contributed by atoms with van der Waals surface area (Å²) in [5.74, 6) is -1.43. The molecule has 0 bridgehead atoms. The second-order valence-electron chi connectivity index (χ2n) is 5.76. The number of carboxylic acid groups (broad SMARTS) is 1. The second kappa shape index (κ2) is 7.52. The Morgan fingerprint density at radius 3 is 2.22 bits per heavy atom. The molecule has 2 unspecified atom stereocenters. The third-order valence-corrected chi connectivity index (χ3v) is 4.27. The van der Waals surface area contributed by atoms with Gasteiger partial charge >= 0.3 is 5.97 Å². The number of piperazine rings is 1. The van der Waals surface area contributed by atoms with Crippen molar-refractivity contribution in [2.24, 2.45) is 0 Å². The molecule has 1 saturated heterocycles. The van der Waals surface area contributed by atoms with E-state index in [9.17, 15) is 14.0 Å². The van der Waals surface area contributed by atoms with Crippen LogP contribution in [0.2, 0.25) is 0 Å². The van der Waals surface area contributed by atoms with Crippen molar-refractivity contribution in [3.05, 3.63) is 30.1 Å². The van der Waals surface area contributed by atoms with E-state index in [1.165, 1.54) is 12.1 Å². The van der Waals surface area contributed by atoms with E-state index in [1.807, 2.05) is 9.80 Å². The third-order valence-electron chi connectivity index (χ3n) is 4.27. The van der Waals surface area contributed by atoms with Gasteiger partial charge in [0, 0.05) is 31.9 Å². The monoisotopic (exact) mass is 323 g/mol. The van der Waals surface area contributed by atoms with Crippen molar-refractivity contribution < 1.29 is 19.1 Å². The normalized spacial score (nSPS) is 19.1. The minimum Gasteiger partial charge on any atom is -0.480 e. The van der Waals surface area contributed by atoms with Gasteiger partial charge in [-0.05, 0) is 32.0 Å². The van der Waals surface area contributed by atoms with Crippen molar-refractivity contribution >= 4 is 17.6 Å². The van der Waals surface area contributed by atoms with Crippen LogP contribution in [0.5, 0.6) is 0 Å². The number of carbonyl (C=O) groups is 2. The molecule has 1 aromatic carbocycles. The number of anilines is 1. The van der Waals surface area contributed by atoms with Crippen molar-refractivity contribution in [2.75, 3.05) is 31.5 Å². The molecule has 126 valence electrons. The number of amides is 1. The summed E-state index contributed by atoms with van der Waals surface area (Å²) in [6.07, 6.45) is 0. The Bertz CT molecular complexity index is 573. The van der Waals surface area contributed by atoms with E-state index in [0.717, 1.165) is 0 Å². The van der Waals surface area contributed by atoms with Gasteiger partial charge in [0.1, 0.15) is 11.9 Å². The number of aliphatic carboxylic acids is 1. The molecule has 0 aliphatic carbocycles. The standard InChI is InChI=1S/C16H22FN3O3/c1-11(15(21)18-14-5-3-4-13(17)10-14)19-6-8-20(9-7-19)12(2)16(22)23/h3-5,10-12H,6-9H2,1-2H3,(H,18,21)(H,22,23). The molecule has 1 heterocycles. The number of benzene rings is 1. The van der Waals surface area contributed by atoms with Crippen LogP contribution in [0.1, 0.15) is 13.8 Å². The van der Waals surface area contributed by atoms with Gasteiger partial charge in [-0.3, -0.25) is 19.4 Å². The Morgan fingerprint density at radius 1 is 1.13 bits per heavy atom. The lowest BCUT2D eigenvalue weighted by Gasteiger charge is -2.38. The zero-order valence-electron chi connectivity index (χ0n) is 13.3. The number of nitrogens with zero attached hydrogens (tertiary/aromatic N) is 2. The predicted molar refractivity (Wildman–Crippen MR) is 84.7 cm³/mol. The van der Waals surface area contributed by atoms with Crippen molar-refractivity contribution in [1.29, 1.82) is 0 Å². The van der Waals surface area contributed by atoms with Crippen molar-refractivity contribution in [2.45, 2.75) is 25.9 Å². The summed E-state index contributed by atoms with van der Waals surface area (Å²) >= 11 is 0. The molecule has 0 saturated carbocycles. The fourth-order valence-electron chi connectivity index (χ4n) is 2.65. The molecule has 1 amide bonds. The number of rotatable bonds is 5. The number of nitrogens with one attached hydrogen (secondary N) is 1. The van der Waals surface area contributed by atoms with Gasteiger partial charge in [0.25, 0.3) is 0 Å². The van der Waals surface area contributed by atoms with E-state index >= 15 is 0 Å². The van der Waals surface area contributed by atoms with E-state index in [1.54, 1.807) is 26.0 Å². The largest absolute Gasteiger partial charge is 0.480 e. The first kappa shape index (κ1) is 17.4. The Balaban J connectivity index is 1.88. The third kappa shape index (κ3) is 4.49. The van der Waals surface area contributed by atoms with Crippen LogP contribution in [-0.2, 0) is 9.59 Å². The van der Waals surface area contributed by atoms with E-state index in [0.29, 0.717) is 31.9 Å². The van der Waals surface area contributed by atoms with Gasteiger partial charge in [-0.1, -0.05) is 6.07 Å². The zero-order valence-corrected chi connectivity index (χ0v) is 13.3. The van der Waals surface area contributed by atoms with Crippen molar-refractivity contribution in [1.82, 2.24) is 9.80 Å². The van der Waals surface area contributed by atoms with E-state index in [4.69, 9.17) is 5.11 Å². The van der Waals surface area contributed by atoms with E-state index in [-0.39, 0.29) is 11.9 Å². The van der Waals surface area contributed by atoms with Gasteiger partial charge in [-0.25, -0.2) is 4.39 Å². The first-order valence-electron chi connectivity index (χ1n) is 7.66. The van der Waals surface area contributed by atoms with Gasteiger partial charge in [-0.2, -0.15) is 0 Å². The molecule has 1 aromatic rings. The van der Waals surface area contributed by atoms with Crippen LogP contribution < -0.4 is 5.32 Å². The lowest BCUT2D eigenvalue weighted by atomic mass is 10.1. The van der Waals surface area contributed by atoms with Gasteiger partial charge < -0.3 is 10.4 Å². The summed E-state index contributed by atoms with van der Waals surface area (Å²) < 4.78 is 13.1. The fourth-order valence-corrected chi connectivity index (χ4v) is 2.65. The summed E-state index contributed by atoms with van der Waals surface area (Å²) in [7, 11) is 0. The number of carboxylic acids is 1. The van der Waals surface area contributed by atoms with Crippen LogP contribution in [0.4, 0.5) is 10.1 Å². The first-order valence-corrected chi connectivity index (χ1v) is 7.66. The number of hydrogen-bond donors (Lipinski definition) is 2. The van der Waals surface area contributed by atoms with Crippen LogP contribution in [0, 0.1) is 5.82 Å². The summed E-state index contributed by atoms with van der Waals surface area (Å²) in [5.41, 5.74) is 0.431. The molecule has 0 spiro atoms. The minimum atomic E-state index is -0.838.